The average molecular weight is 435 g/mol. The van der Waals surface area contributed by atoms with Gasteiger partial charge < -0.3 is 15.3 Å². The van der Waals surface area contributed by atoms with Crippen LogP contribution in [0.1, 0.15) is 64.7 Å². The predicted octanol–water partition coefficient (Wildman–Crippen LogP) is 6.82. The van der Waals surface area contributed by atoms with Gasteiger partial charge in [0.05, 0.1) is 12.7 Å². The molecule has 3 nitrogen and oxygen atoms in total. The lowest BCUT2D eigenvalue weighted by Gasteiger charge is -2.14. The lowest BCUT2D eigenvalue weighted by molar-refractivity contribution is -0.0185. The van der Waals surface area contributed by atoms with Crippen LogP contribution in [0.15, 0.2) is 60.7 Å². The first kappa shape index (κ1) is 24.4. The molecule has 0 aliphatic carbocycles. The van der Waals surface area contributed by atoms with Gasteiger partial charge in [0, 0.05) is 0 Å². The number of aliphatic hydroxyl groups excluding tert-OH is 3. The molecule has 4 aromatic rings. The van der Waals surface area contributed by atoms with Gasteiger partial charge in [-0.1, -0.05) is 119 Å². The van der Waals surface area contributed by atoms with Gasteiger partial charge in [0.15, 0.2) is 0 Å². The van der Waals surface area contributed by atoms with E-state index < -0.39 is 12.2 Å². The van der Waals surface area contributed by atoms with Crippen LogP contribution in [0.3, 0.4) is 0 Å². The third-order valence-electron chi connectivity index (χ3n) is 6.38. The van der Waals surface area contributed by atoms with Gasteiger partial charge in [-0.05, 0) is 38.7 Å². The number of hydrogen-bond donors (Lipinski definition) is 3. The summed E-state index contributed by atoms with van der Waals surface area (Å²) in [6.07, 6.45) is 8.67. The minimum absolute atomic E-state index is 0.349. The normalized spacial score (nSPS) is 13.4. The minimum atomic E-state index is -0.968. The van der Waals surface area contributed by atoms with Gasteiger partial charge in [-0.25, -0.2) is 0 Å². The molecule has 0 fully saturated rings. The summed E-state index contributed by atoms with van der Waals surface area (Å²) in [4.78, 5) is 0. The fraction of sp³-hybridized carbons (Fsp3) is 0.448. The van der Waals surface area contributed by atoms with Crippen LogP contribution in [0.4, 0.5) is 0 Å². The molecule has 0 spiro atoms. The van der Waals surface area contributed by atoms with Gasteiger partial charge in [0.2, 0.25) is 0 Å². The molecule has 0 aliphatic rings. The monoisotopic (exact) mass is 434 g/mol. The van der Waals surface area contributed by atoms with Gasteiger partial charge in [-0.15, -0.1) is 0 Å². The summed E-state index contributed by atoms with van der Waals surface area (Å²) in [5, 5.41) is 35.3. The smallest absolute Gasteiger partial charge is 0.103 e. The van der Waals surface area contributed by atoms with E-state index in [1.165, 1.54) is 70.8 Å². The summed E-state index contributed by atoms with van der Waals surface area (Å²) in [5.74, 6) is 0. The van der Waals surface area contributed by atoms with Crippen molar-refractivity contribution in [3.8, 4) is 0 Å². The Hall–Kier alpha value is -2.20. The number of rotatable bonds is 11. The Morgan fingerprint density at radius 3 is 1.38 bits per heavy atom. The first-order valence-corrected chi connectivity index (χ1v) is 12.2. The molecule has 2 atom stereocenters. The Morgan fingerprint density at radius 2 is 0.969 bits per heavy atom. The van der Waals surface area contributed by atoms with Crippen molar-refractivity contribution >= 4 is 32.3 Å². The molecule has 0 saturated heterocycles. The summed E-state index contributed by atoms with van der Waals surface area (Å²) in [6, 6.07) is 21.9. The Kier molecular flexibility index (Phi) is 9.73. The zero-order valence-electron chi connectivity index (χ0n) is 19.3. The van der Waals surface area contributed by atoms with Gasteiger partial charge in [-0.2, -0.15) is 0 Å². The maximum absolute atomic E-state index is 9.38. The molecule has 3 heteroatoms. The highest BCUT2D eigenvalue weighted by Gasteiger charge is 2.13. The highest BCUT2D eigenvalue weighted by molar-refractivity contribution is 6.22. The molecule has 32 heavy (non-hydrogen) atoms. The molecule has 4 aromatic carbocycles. The molecular formula is C29H38O3. The number of benzene rings is 4. The van der Waals surface area contributed by atoms with Crippen LogP contribution >= 0.6 is 0 Å². The lowest BCUT2D eigenvalue weighted by atomic mass is 9.95. The molecule has 3 N–H and O–H groups in total. The van der Waals surface area contributed by atoms with E-state index in [0.29, 0.717) is 6.42 Å². The van der Waals surface area contributed by atoms with Crippen molar-refractivity contribution < 1.29 is 15.3 Å². The molecule has 1 unspecified atom stereocenters. The van der Waals surface area contributed by atoms with E-state index in [1.807, 2.05) is 0 Å². The van der Waals surface area contributed by atoms with Crippen molar-refractivity contribution in [1.82, 2.24) is 0 Å². The van der Waals surface area contributed by atoms with Crippen LogP contribution in [-0.4, -0.2) is 34.1 Å². The molecular weight excluding hydrogens is 396 g/mol. The molecule has 0 saturated carbocycles. The van der Waals surface area contributed by atoms with Crippen LogP contribution in [0.2, 0.25) is 0 Å². The minimum Gasteiger partial charge on any atom is -0.394 e. The first-order chi connectivity index (χ1) is 15.7. The van der Waals surface area contributed by atoms with E-state index in [1.54, 1.807) is 0 Å². The fourth-order valence-corrected chi connectivity index (χ4v) is 4.47. The summed E-state index contributed by atoms with van der Waals surface area (Å²) in [6.45, 7) is 1.87. The molecule has 0 bridgehead atoms. The molecule has 4 rings (SSSR count). The van der Waals surface area contributed by atoms with Crippen molar-refractivity contribution in [1.29, 1.82) is 0 Å². The van der Waals surface area contributed by atoms with Gasteiger partial charge in [-0.3, -0.25) is 0 Å². The number of aliphatic hydroxyl groups is 3. The zero-order valence-corrected chi connectivity index (χ0v) is 19.3. The quantitative estimate of drug-likeness (QED) is 0.179. The van der Waals surface area contributed by atoms with Crippen molar-refractivity contribution in [2.75, 3.05) is 6.61 Å². The van der Waals surface area contributed by atoms with E-state index in [0.717, 1.165) is 12.8 Å². The van der Waals surface area contributed by atoms with Crippen LogP contribution in [0.25, 0.3) is 32.3 Å². The van der Waals surface area contributed by atoms with E-state index in [4.69, 9.17) is 10.2 Å². The SMILES string of the molecule is CCCCCCCCCCC(O)[C@@H](O)CO.c1cc2ccc3cccc4ccc(c1)c2c34. The topological polar surface area (TPSA) is 60.7 Å². The molecule has 0 aliphatic heterocycles. The zero-order chi connectivity index (χ0) is 22.8. The predicted molar refractivity (Wildman–Crippen MR) is 136 cm³/mol. The highest BCUT2D eigenvalue weighted by Crippen LogP contribution is 2.33. The second kappa shape index (κ2) is 12.7. The van der Waals surface area contributed by atoms with Crippen molar-refractivity contribution in [3.05, 3.63) is 60.7 Å². The molecule has 172 valence electrons. The average Bonchev–Trinajstić information content (AvgIpc) is 2.84. The molecule has 0 amide bonds. The molecule has 0 radical (unpaired) electrons. The maximum Gasteiger partial charge on any atom is 0.103 e. The highest BCUT2D eigenvalue weighted by atomic mass is 16.4. The second-order valence-corrected chi connectivity index (χ2v) is 8.87. The molecule has 0 aromatic heterocycles. The van der Waals surface area contributed by atoms with Crippen LogP contribution in [0.5, 0.6) is 0 Å². The van der Waals surface area contributed by atoms with E-state index in [-0.39, 0.29) is 6.61 Å². The summed E-state index contributed by atoms with van der Waals surface area (Å²) in [5.41, 5.74) is 0. The Morgan fingerprint density at radius 1 is 0.562 bits per heavy atom. The maximum atomic E-state index is 9.38. The van der Waals surface area contributed by atoms with Gasteiger partial charge >= 0.3 is 0 Å². The van der Waals surface area contributed by atoms with Crippen molar-refractivity contribution in [2.45, 2.75) is 76.9 Å². The third kappa shape index (κ3) is 6.41. The molecule has 0 heterocycles. The van der Waals surface area contributed by atoms with Crippen LogP contribution < -0.4 is 0 Å². The van der Waals surface area contributed by atoms with Gasteiger partial charge in [0.1, 0.15) is 6.10 Å². The van der Waals surface area contributed by atoms with Crippen LogP contribution in [-0.2, 0) is 0 Å². The fourth-order valence-electron chi connectivity index (χ4n) is 4.47. The largest absolute Gasteiger partial charge is 0.394 e. The Bertz CT molecular complexity index is 928. The Balaban J connectivity index is 0.000000181. The summed E-state index contributed by atoms with van der Waals surface area (Å²) >= 11 is 0. The van der Waals surface area contributed by atoms with E-state index in [9.17, 15) is 5.11 Å². The first-order valence-electron chi connectivity index (χ1n) is 12.2. The Labute approximate surface area is 192 Å². The standard InChI is InChI=1S/C16H10.C13H28O3/c1-3-11-7-9-13-5-2-6-14-10-8-12(4-1)15(11)16(13)14;1-2-3-4-5-6-7-8-9-10-12(15)13(16)11-14/h1-10H;12-16H,2-11H2,1H3/t;12?,13-/m.0/s1. The lowest BCUT2D eigenvalue weighted by Crippen LogP contribution is -2.28. The van der Waals surface area contributed by atoms with Crippen molar-refractivity contribution in [2.24, 2.45) is 0 Å². The van der Waals surface area contributed by atoms with Crippen molar-refractivity contribution in [3.63, 3.8) is 0 Å². The summed E-state index contributed by atoms with van der Waals surface area (Å²) < 4.78 is 0. The van der Waals surface area contributed by atoms with E-state index in [2.05, 4.69) is 67.6 Å². The number of hydrogen-bond acceptors (Lipinski definition) is 3. The van der Waals surface area contributed by atoms with E-state index >= 15 is 0 Å². The van der Waals surface area contributed by atoms with Crippen LogP contribution in [0, 0.1) is 0 Å². The van der Waals surface area contributed by atoms with Gasteiger partial charge in [0.25, 0.3) is 0 Å². The summed E-state index contributed by atoms with van der Waals surface area (Å²) in [7, 11) is 0. The number of unbranched alkanes of at least 4 members (excludes halogenated alkanes) is 7. The second-order valence-electron chi connectivity index (χ2n) is 8.87. The third-order valence-corrected chi connectivity index (χ3v) is 6.38.